The molecule has 6 atom stereocenters. The SMILES string of the molecule is CCC(C)(C)C(=O)N1CCC2C3CC(C4CCCC34)C2C1=O. The molecule has 0 N–H and O–H groups in total. The summed E-state index contributed by atoms with van der Waals surface area (Å²) in [6.07, 6.45) is 7.22. The molecule has 4 fully saturated rings. The number of hydrogen-bond donors (Lipinski definition) is 0. The maximum Gasteiger partial charge on any atom is 0.234 e. The zero-order valence-electron chi connectivity index (χ0n) is 14.2. The molecule has 0 spiro atoms. The Bertz CT molecular complexity index is 512. The minimum Gasteiger partial charge on any atom is -0.282 e. The van der Waals surface area contributed by atoms with Gasteiger partial charge in [-0.15, -0.1) is 0 Å². The average Bonchev–Trinajstić information content (AvgIpc) is 3.18. The summed E-state index contributed by atoms with van der Waals surface area (Å²) in [5.74, 6) is 4.10. The van der Waals surface area contributed by atoms with Gasteiger partial charge in [0.25, 0.3) is 0 Å². The van der Waals surface area contributed by atoms with Gasteiger partial charge in [-0.2, -0.15) is 0 Å². The molecule has 4 rings (SSSR count). The molecule has 1 heterocycles. The number of likely N-dealkylation sites (tertiary alicyclic amines) is 1. The molecular formula is C19H29NO2. The second kappa shape index (κ2) is 4.82. The summed E-state index contributed by atoms with van der Waals surface area (Å²) in [4.78, 5) is 27.5. The monoisotopic (exact) mass is 303 g/mol. The molecule has 0 aromatic rings. The predicted molar refractivity (Wildman–Crippen MR) is 84.8 cm³/mol. The third kappa shape index (κ3) is 1.80. The van der Waals surface area contributed by atoms with Crippen LogP contribution in [0.1, 0.15) is 59.3 Å². The summed E-state index contributed by atoms with van der Waals surface area (Å²) < 4.78 is 0. The highest BCUT2D eigenvalue weighted by Crippen LogP contribution is 2.65. The Kier molecular flexibility index (Phi) is 3.22. The maximum absolute atomic E-state index is 13.1. The van der Waals surface area contributed by atoms with Crippen molar-refractivity contribution < 1.29 is 9.59 Å². The van der Waals surface area contributed by atoms with Crippen molar-refractivity contribution in [2.75, 3.05) is 6.54 Å². The molecule has 1 saturated heterocycles. The quantitative estimate of drug-likeness (QED) is 0.783. The van der Waals surface area contributed by atoms with E-state index >= 15 is 0 Å². The van der Waals surface area contributed by atoms with Gasteiger partial charge in [0.1, 0.15) is 0 Å². The van der Waals surface area contributed by atoms with E-state index in [1.165, 1.54) is 25.7 Å². The summed E-state index contributed by atoms with van der Waals surface area (Å²) >= 11 is 0. The molecule has 0 aromatic heterocycles. The molecule has 6 unspecified atom stereocenters. The van der Waals surface area contributed by atoms with Crippen molar-refractivity contribution in [2.24, 2.45) is 40.9 Å². The normalized spacial score (nSPS) is 43.4. The summed E-state index contributed by atoms with van der Waals surface area (Å²) in [5.41, 5.74) is -0.407. The van der Waals surface area contributed by atoms with Gasteiger partial charge in [-0.05, 0) is 61.7 Å². The summed E-state index contributed by atoms with van der Waals surface area (Å²) in [6.45, 7) is 6.66. The van der Waals surface area contributed by atoms with Gasteiger partial charge in [-0.25, -0.2) is 0 Å². The van der Waals surface area contributed by atoms with Crippen LogP contribution in [0.15, 0.2) is 0 Å². The highest BCUT2D eigenvalue weighted by Gasteiger charge is 2.62. The van der Waals surface area contributed by atoms with Crippen LogP contribution < -0.4 is 0 Å². The molecule has 2 amide bonds. The molecule has 3 aliphatic carbocycles. The number of fused-ring (bicyclic) bond motifs is 8. The van der Waals surface area contributed by atoms with E-state index in [9.17, 15) is 9.59 Å². The molecule has 3 nitrogen and oxygen atoms in total. The van der Waals surface area contributed by atoms with E-state index in [1.54, 1.807) is 4.90 Å². The largest absolute Gasteiger partial charge is 0.282 e. The van der Waals surface area contributed by atoms with Gasteiger partial charge >= 0.3 is 0 Å². The summed E-state index contributed by atoms with van der Waals surface area (Å²) in [7, 11) is 0. The van der Waals surface area contributed by atoms with E-state index in [2.05, 4.69) is 0 Å². The second-order valence-corrected chi connectivity index (χ2v) is 8.83. The third-order valence-electron chi connectivity index (χ3n) is 7.69. The van der Waals surface area contributed by atoms with Gasteiger partial charge in [0.2, 0.25) is 11.8 Å². The van der Waals surface area contributed by atoms with Crippen molar-refractivity contribution in [3.8, 4) is 0 Å². The molecule has 4 aliphatic rings. The number of rotatable bonds is 2. The molecular weight excluding hydrogens is 274 g/mol. The van der Waals surface area contributed by atoms with E-state index in [0.29, 0.717) is 18.4 Å². The van der Waals surface area contributed by atoms with Crippen LogP contribution in [0, 0.1) is 40.9 Å². The van der Waals surface area contributed by atoms with E-state index in [0.717, 1.165) is 30.6 Å². The zero-order valence-corrected chi connectivity index (χ0v) is 14.2. The molecule has 2 bridgehead atoms. The Labute approximate surface area is 133 Å². The first-order valence-corrected chi connectivity index (χ1v) is 9.31. The molecule has 3 saturated carbocycles. The first-order valence-electron chi connectivity index (χ1n) is 9.31. The fourth-order valence-corrected chi connectivity index (χ4v) is 6.28. The lowest BCUT2D eigenvalue weighted by Gasteiger charge is -2.44. The first-order chi connectivity index (χ1) is 10.5. The van der Waals surface area contributed by atoms with Gasteiger partial charge in [0.15, 0.2) is 0 Å². The van der Waals surface area contributed by atoms with Crippen molar-refractivity contribution in [2.45, 2.75) is 59.3 Å². The average molecular weight is 303 g/mol. The molecule has 1 aliphatic heterocycles. The van der Waals surface area contributed by atoms with Crippen molar-refractivity contribution >= 4 is 11.8 Å². The number of carbonyl (C=O) groups is 2. The lowest BCUT2D eigenvalue weighted by atomic mass is 9.66. The Hall–Kier alpha value is -0.860. The van der Waals surface area contributed by atoms with Gasteiger partial charge in [-0.1, -0.05) is 27.2 Å². The Morgan fingerprint density at radius 2 is 1.77 bits per heavy atom. The van der Waals surface area contributed by atoms with E-state index in [1.807, 2.05) is 20.8 Å². The highest BCUT2D eigenvalue weighted by molar-refractivity contribution is 5.99. The standard InChI is InChI=1S/C19H29NO2/c1-4-19(2,3)18(22)20-9-8-13-14-10-15(16(13)17(20)21)12-7-5-6-11(12)14/h11-16H,4-10H2,1-3H3. The Balaban J connectivity index is 1.58. The molecule has 3 heteroatoms. The van der Waals surface area contributed by atoms with Crippen LogP contribution in [0.4, 0.5) is 0 Å². The smallest absolute Gasteiger partial charge is 0.234 e. The zero-order chi connectivity index (χ0) is 15.6. The van der Waals surface area contributed by atoms with Crippen LogP contribution in [0.5, 0.6) is 0 Å². The fraction of sp³-hybridized carbons (Fsp3) is 0.895. The van der Waals surface area contributed by atoms with Gasteiger partial charge in [-0.3, -0.25) is 14.5 Å². The van der Waals surface area contributed by atoms with Crippen molar-refractivity contribution in [3.05, 3.63) is 0 Å². The van der Waals surface area contributed by atoms with Crippen LogP contribution in [0.3, 0.4) is 0 Å². The predicted octanol–water partition coefficient (Wildman–Crippen LogP) is 3.48. The topological polar surface area (TPSA) is 37.4 Å². The van der Waals surface area contributed by atoms with Crippen LogP contribution in [0.2, 0.25) is 0 Å². The lowest BCUT2D eigenvalue weighted by molar-refractivity contribution is -0.160. The van der Waals surface area contributed by atoms with Gasteiger partial charge in [0.05, 0.1) is 0 Å². The first kappa shape index (κ1) is 14.7. The number of imide groups is 1. The summed E-state index contributed by atoms with van der Waals surface area (Å²) in [5, 5.41) is 0. The number of carbonyl (C=O) groups excluding carboxylic acids is 2. The number of amides is 2. The molecule has 0 aromatic carbocycles. The van der Waals surface area contributed by atoms with Crippen LogP contribution in [-0.4, -0.2) is 23.3 Å². The van der Waals surface area contributed by atoms with E-state index < -0.39 is 5.41 Å². The minimum atomic E-state index is -0.407. The van der Waals surface area contributed by atoms with Gasteiger partial charge < -0.3 is 0 Å². The van der Waals surface area contributed by atoms with E-state index in [-0.39, 0.29) is 17.7 Å². The minimum absolute atomic E-state index is 0.0594. The molecule has 0 radical (unpaired) electrons. The summed E-state index contributed by atoms with van der Waals surface area (Å²) in [6, 6.07) is 0. The van der Waals surface area contributed by atoms with Crippen molar-refractivity contribution in [1.29, 1.82) is 0 Å². The number of hydrogen-bond acceptors (Lipinski definition) is 2. The van der Waals surface area contributed by atoms with Crippen LogP contribution >= 0.6 is 0 Å². The Morgan fingerprint density at radius 3 is 2.45 bits per heavy atom. The number of piperidine rings is 1. The second-order valence-electron chi connectivity index (χ2n) is 8.83. The highest BCUT2D eigenvalue weighted by atomic mass is 16.2. The van der Waals surface area contributed by atoms with Crippen LogP contribution in [-0.2, 0) is 9.59 Å². The van der Waals surface area contributed by atoms with Gasteiger partial charge in [0, 0.05) is 17.9 Å². The number of nitrogens with zero attached hydrogens (tertiary/aromatic N) is 1. The van der Waals surface area contributed by atoms with Crippen LogP contribution in [0.25, 0.3) is 0 Å². The maximum atomic E-state index is 13.1. The fourth-order valence-electron chi connectivity index (χ4n) is 6.28. The van der Waals surface area contributed by atoms with E-state index in [4.69, 9.17) is 0 Å². The molecule has 22 heavy (non-hydrogen) atoms. The van der Waals surface area contributed by atoms with Crippen molar-refractivity contribution in [3.63, 3.8) is 0 Å². The van der Waals surface area contributed by atoms with Crippen molar-refractivity contribution in [1.82, 2.24) is 4.90 Å². The lowest BCUT2D eigenvalue weighted by Crippen LogP contribution is -2.55. The Morgan fingerprint density at radius 1 is 1.09 bits per heavy atom. The molecule has 122 valence electrons. The third-order valence-corrected chi connectivity index (χ3v) is 7.69.